The minimum Gasteiger partial charge on any atom is -0.392 e. The van der Waals surface area contributed by atoms with Crippen LogP contribution in [0.4, 0.5) is 0 Å². The number of aliphatic hydroxyl groups excluding tert-OH is 1. The molecule has 1 fully saturated rings. The molecule has 1 saturated carbocycles. The second-order valence-electron chi connectivity index (χ2n) is 7.41. The van der Waals surface area contributed by atoms with Crippen molar-refractivity contribution in [1.29, 1.82) is 0 Å². The number of aliphatic hydroxyl groups is 1. The van der Waals surface area contributed by atoms with Crippen molar-refractivity contribution in [3.8, 4) is 0 Å². The van der Waals surface area contributed by atoms with Crippen molar-refractivity contribution in [2.75, 3.05) is 6.61 Å². The fraction of sp³-hybridized carbons (Fsp3) is 0.700. The maximum atomic E-state index is 8.85. The standard InChI is InChI=1S/C20H34O/c1-16(8-6-9-17(2)13-15-21)11-12-19-18(3)10-7-14-20(19,4)5/h8,13,19,21H,3,6-7,9-12,14-15H2,1-2,4-5H3. The van der Waals surface area contributed by atoms with Gasteiger partial charge in [0.2, 0.25) is 0 Å². The highest BCUT2D eigenvalue weighted by Gasteiger charge is 2.33. The van der Waals surface area contributed by atoms with Crippen LogP contribution in [-0.2, 0) is 0 Å². The molecule has 1 atom stereocenters. The van der Waals surface area contributed by atoms with Gasteiger partial charge < -0.3 is 5.11 Å². The number of hydrogen-bond acceptors (Lipinski definition) is 1. The molecule has 120 valence electrons. The maximum Gasteiger partial charge on any atom is 0.0614 e. The highest BCUT2D eigenvalue weighted by Crippen LogP contribution is 2.45. The van der Waals surface area contributed by atoms with E-state index in [1.807, 2.05) is 6.08 Å². The average Bonchev–Trinajstić information content (AvgIpc) is 2.37. The van der Waals surface area contributed by atoms with Crippen LogP contribution in [-0.4, -0.2) is 11.7 Å². The summed E-state index contributed by atoms with van der Waals surface area (Å²) in [6.07, 6.45) is 12.7. The van der Waals surface area contributed by atoms with Crippen LogP contribution in [0, 0.1) is 11.3 Å². The van der Waals surface area contributed by atoms with Crippen LogP contribution in [0.5, 0.6) is 0 Å². The minimum absolute atomic E-state index is 0.160. The molecule has 1 aliphatic carbocycles. The Kier molecular flexibility index (Phi) is 7.45. The zero-order chi connectivity index (χ0) is 15.9. The molecule has 1 aliphatic rings. The molecular formula is C20H34O. The molecule has 0 bridgehead atoms. The maximum absolute atomic E-state index is 8.85. The highest BCUT2D eigenvalue weighted by atomic mass is 16.2. The van der Waals surface area contributed by atoms with E-state index in [1.54, 1.807) is 0 Å². The Bertz CT molecular complexity index is 398. The lowest BCUT2D eigenvalue weighted by molar-refractivity contribution is 0.180. The minimum atomic E-state index is 0.160. The normalized spacial score (nSPS) is 23.5. The number of rotatable bonds is 7. The summed E-state index contributed by atoms with van der Waals surface area (Å²) in [7, 11) is 0. The predicted molar refractivity (Wildman–Crippen MR) is 93.3 cm³/mol. The second-order valence-corrected chi connectivity index (χ2v) is 7.41. The molecule has 0 aliphatic heterocycles. The van der Waals surface area contributed by atoms with E-state index < -0.39 is 0 Å². The Morgan fingerprint density at radius 2 is 1.90 bits per heavy atom. The molecule has 0 amide bonds. The van der Waals surface area contributed by atoms with Crippen molar-refractivity contribution in [2.24, 2.45) is 11.3 Å². The molecule has 0 aromatic rings. The summed E-state index contributed by atoms with van der Waals surface area (Å²) < 4.78 is 0. The van der Waals surface area contributed by atoms with Gasteiger partial charge in [-0.05, 0) is 70.1 Å². The van der Waals surface area contributed by atoms with Crippen molar-refractivity contribution in [1.82, 2.24) is 0 Å². The summed E-state index contributed by atoms with van der Waals surface area (Å²) in [5.74, 6) is 0.686. The van der Waals surface area contributed by atoms with Gasteiger partial charge in [0, 0.05) is 0 Å². The van der Waals surface area contributed by atoms with E-state index in [0.29, 0.717) is 11.3 Å². The van der Waals surface area contributed by atoms with E-state index in [2.05, 4.69) is 40.3 Å². The van der Waals surface area contributed by atoms with Crippen LogP contribution >= 0.6 is 0 Å². The molecule has 21 heavy (non-hydrogen) atoms. The van der Waals surface area contributed by atoms with Crippen LogP contribution in [0.25, 0.3) is 0 Å². The van der Waals surface area contributed by atoms with Gasteiger partial charge in [-0.1, -0.05) is 49.3 Å². The Morgan fingerprint density at radius 3 is 2.52 bits per heavy atom. The topological polar surface area (TPSA) is 20.2 Å². The molecule has 0 spiro atoms. The Labute approximate surface area is 131 Å². The molecule has 0 saturated heterocycles. The van der Waals surface area contributed by atoms with Gasteiger partial charge in [0.05, 0.1) is 6.61 Å². The van der Waals surface area contributed by atoms with Gasteiger partial charge in [0.1, 0.15) is 0 Å². The number of allylic oxidation sites excluding steroid dienone is 4. The summed E-state index contributed by atoms with van der Waals surface area (Å²) in [6.45, 7) is 13.6. The molecule has 0 aromatic heterocycles. The average molecular weight is 290 g/mol. The molecule has 1 N–H and O–H groups in total. The molecular weight excluding hydrogens is 256 g/mol. The van der Waals surface area contributed by atoms with Gasteiger partial charge in [0.15, 0.2) is 0 Å². The van der Waals surface area contributed by atoms with Crippen molar-refractivity contribution < 1.29 is 5.11 Å². The van der Waals surface area contributed by atoms with Crippen LogP contribution < -0.4 is 0 Å². The number of hydrogen-bond donors (Lipinski definition) is 1. The van der Waals surface area contributed by atoms with Crippen LogP contribution in [0.2, 0.25) is 0 Å². The fourth-order valence-electron chi connectivity index (χ4n) is 3.55. The van der Waals surface area contributed by atoms with Gasteiger partial charge in [-0.3, -0.25) is 0 Å². The SMILES string of the molecule is C=C1CCCC(C)(C)C1CCC(C)=CCCC(C)=CCO. The first-order valence-electron chi connectivity index (χ1n) is 8.46. The van der Waals surface area contributed by atoms with Crippen molar-refractivity contribution in [3.05, 3.63) is 35.5 Å². The summed E-state index contributed by atoms with van der Waals surface area (Å²) in [5, 5.41) is 8.85. The van der Waals surface area contributed by atoms with Crippen molar-refractivity contribution in [3.63, 3.8) is 0 Å². The zero-order valence-electron chi connectivity index (χ0n) is 14.5. The van der Waals surface area contributed by atoms with Crippen molar-refractivity contribution >= 4 is 0 Å². The van der Waals surface area contributed by atoms with Gasteiger partial charge in [-0.2, -0.15) is 0 Å². The smallest absolute Gasteiger partial charge is 0.0614 e. The lowest BCUT2D eigenvalue weighted by Crippen LogP contribution is -2.29. The van der Waals surface area contributed by atoms with Crippen LogP contribution in [0.3, 0.4) is 0 Å². The Balaban J connectivity index is 2.42. The zero-order valence-corrected chi connectivity index (χ0v) is 14.5. The van der Waals surface area contributed by atoms with Gasteiger partial charge in [-0.15, -0.1) is 0 Å². The lowest BCUT2D eigenvalue weighted by atomic mass is 9.65. The monoisotopic (exact) mass is 290 g/mol. The summed E-state index contributed by atoms with van der Waals surface area (Å²) in [4.78, 5) is 0. The molecule has 1 heteroatoms. The van der Waals surface area contributed by atoms with Crippen molar-refractivity contribution in [2.45, 2.75) is 72.6 Å². The summed E-state index contributed by atoms with van der Waals surface area (Å²) in [6, 6.07) is 0. The second kappa shape index (κ2) is 8.58. The Morgan fingerprint density at radius 1 is 1.24 bits per heavy atom. The quantitative estimate of drug-likeness (QED) is 0.586. The van der Waals surface area contributed by atoms with Crippen LogP contribution in [0.15, 0.2) is 35.5 Å². The third-order valence-electron chi connectivity index (χ3n) is 5.05. The largest absolute Gasteiger partial charge is 0.392 e. The predicted octanol–water partition coefficient (Wildman–Crippen LogP) is 5.81. The molecule has 0 radical (unpaired) electrons. The highest BCUT2D eigenvalue weighted by molar-refractivity contribution is 5.11. The van der Waals surface area contributed by atoms with E-state index in [0.717, 1.165) is 12.8 Å². The molecule has 0 aromatic carbocycles. The van der Waals surface area contributed by atoms with E-state index in [-0.39, 0.29) is 6.61 Å². The summed E-state index contributed by atoms with van der Waals surface area (Å²) in [5.41, 5.74) is 4.68. The van der Waals surface area contributed by atoms with E-state index in [9.17, 15) is 0 Å². The molecule has 1 nitrogen and oxygen atoms in total. The van der Waals surface area contributed by atoms with Gasteiger partial charge in [0.25, 0.3) is 0 Å². The van der Waals surface area contributed by atoms with E-state index >= 15 is 0 Å². The third-order valence-corrected chi connectivity index (χ3v) is 5.05. The molecule has 1 rings (SSSR count). The first kappa shape index (κ1) is 18.2. The molecule has 0 heterocycles. The first-order chi connectivity index (χ1) is 9.86. The van der Waals surface area contributed by atoms with Gasteiger partial charge >= 0.3 is 0 Å². The Hall–Kier alpha value is -0.820. The first-order valence-corrected chi connectivity index (χ1v) is 8.46. The summed E-state index contributed by atoms with van der Waals surface area (Å²) >= 11 is 0. The van der Waals surface area contributed by atoms with Gasteiger partial charge in [-0.25, -0.2) is 0 Å². The van der Waals surface area contributed by atoms with E-state index in [1.165, 1.54) is 48.8 Å². The lowest BCUT2D eigenvalue weighted by Gasteiger charge is -2.40. The fourth-order valence-corrected chi connectivity index (χ4v) is 3.55. The molecule has 1 unspecified atom stereocenters. The third kappa shape index (κ3) is 6.22. The van der Waals surface area contributed by atoms with E-state index in [4.69, 9.17) is 5.11 Å². The van der Waals surface area contributed by atoms with Crippen LogP contribution in [0.1, 0.15) is 72.6 Å².